The lowest BCUT2D eigenvalue weighted by Crippen LogP contribution is -2.14. The highest BCUT2D eigenvalue weighted by Gasteiger charge is 2.20. The molecule has 1 fully saturated rings. The van der Waals surface area contributed by atoms with Crippen molar-refractivity contribution in [3.63, 3.8) is 0 Å². The quantitative estimate of drug-likeness (QED) is 0.713. The first kappa shape index (κ1) is 19.8. The second-order valence-electron chi connectivity index (χ2n) is 8.28. The van der Waals surface area contributed by atoms with E-state index in [1.807, 2.05) is 24.1 Å². The minimum atomic E-state index is 0.642. The third-order valence-electron chi connectivity index (χ3n) is 6.16. The number of hydrogen-bond donors (Lipinski definition) is 1. The largest absolute Gasteiger partial charge is 0.491 e. The van der Waals surface area contributed by atoms with E-state index in [0.717, 1.165) is 48.1 Å². The summed E-state index contributed by atoms with van der Waals surface area (Å²) in [6.07, 6.45) is 18.1. The Labute approximate surface area is 164 Å². The Bertz CT molecular complexity index is 726. The fourth-order valence-corrected chi connectivity index (χ4v) is 4.16. The van der Waals surface area contributed by atoms with Crippen LogP contribution >= 0.6 is 0 Å². The summed E-state index contributed by atoms with van der Waals surface area (Å²) in [4.78, 5) is 4.51. The maximum atomic E-state index is 6.46. The van der Waals surface area contributed by atoms with Crippen LogP contribution in [0.5, 0.6) is 0 Å². The third kappa shape index (κ3) is 5.27. The lowest BCUT2D eigenvalue weighted by Gasteiger charge is -2.20. The molecule has 0 aliphatic heterocycles. The Morgan fingerprint density at radius 1 is 1.22 bits per heavy atom. The molecule has 0 amide bonds. The van der Waals surface area contributed by atoms with E-state index in [1.165, 1.54) is 44.1 Å². The summed E-state index contributed by atoms with van der Waals surface area (Å²) in [6, 6.07) is 0. The SMILES string of the molecule is CCC1CCCC(COC2=C/C(c3cn(C)cn3)=C\CC\C(C)=C\2N)CC1. The number of hydrogen-bond acceptors (Lipinski definition) is 3. The number of imidazole rings is 1. The molecule has 1 saturated carbocycles. The number of aryl methyl sites for hydroxylation is 1. The van der Waals surface area contributed by atoms with Crippen molar-refractivity contribution in [3.8, 4) is 0 Å². The van der Waals surface area contributed by atoms with Crippen LogP contribution in [-0.2, 0) is 11.8 Å². The zero-order chi connectivity index (χ0) is 19.2. The van der Waals surface area contributed by atoms with Gasteiger partial charge in [0.1, 0.15) is 5.76 Å². The van der Waals surface area contributed by atoms with Crippen LogP contribution in [0.4, 0.5) is 0 Å². The molecule has 2 aliphatic rings. The van der Waals surface area contributed by atoms with E-state index in [1.54, 1.807) is 0 Å². The van der Waals surface area contributed by atoms with Crippen LogP contribution in [-0.4, -0.2) is 16.2 Å². The van der Waals surface area contributed by atoms with Crippen LogP contribution in [0.25, 0.3) is 5.57 Å². The molecule has 1 heterocycles. The van der Waals surface area contributed by atoms with Gasteiger partial charge in [-0.3, -0.25) is 0 Å². The van der Waals surface area contributed by atoms with Crippen molar-refractivity contribution in [2.75, 3.05) is 6.61 Å². The number of aromatic nitrogens is 2. The van der Waals surface area contributed by atoms with E-state index in [0.29, 0.717) is 5.92 Å². The lowest BCUT2D eigenvalue weighted by atomic mass is 9.96. The van der Waals surface area contributed by atoms with Crippen molar-refractivity contribution in [2.45, 2.75) is 65.2 Å². The van der Waals surface area contributed by atoms with Gasteiger partial charge < -0.3 is 15.0 Å². The number of ether oxygens (including phenoxy) is 1. The molecule has 0 spiro atoms. The van der Waals surface area contributed by atoms with Crippen LogP contribution in [0.1, 0.15) is 70.9 Å². The van der Waals surface area contributed by atoms with Gasteiger partial charge in [0.05, 0.1) is 24.3 Å². The van der Waals surface area contributed by atoms with Crippen LogP contribution < -0.4 is 5.73 Å². The highest BCUT2D eigenvalue weighted by molar-refractivity contribution is 5.73. The summed E-state index contributed by atoms with van der Waals surface area (Å²) in [6.45, 7) is 5.20. The minimum absolute atomic E-state index is 0.642. The van der Waals surface area contributed by atoms with E-state index < -0.39 is 0 Å². The van der Waals surface area contributed by atoms with Crippen molar-refractivity contribution < 1.29 is 4.74 Å². The highest BCUT2D eigenvalue weighted by atomic mass is 16.5. The summed E-state index contributed by atoms with van der Waals surface area (Å²) >= 11 is 0. The first-order valence-electron chi connectivity index (χ1n) is 10.5. The van der Waals surface area contributed by atoms with Gasteiger partial charge in [-0.25, -0.2) is 4.98 Å². The molecule has 27 heavy (non-hydrogen) atoms. The van der Waals surface area contributed by atoms with Crippen molar-refractivity contribution in [1.82, 2.24) is 9.55 Å². The van der Waals surface area contributed by atoms with Gasteiger partial charge in [0.15, 0.2) is 0 Å². The number of allylic oxidation sites excluding steroid dienone is 4. The van der Waals surface area contributed by atoms with Gasteiger partial charge in [-0.2, -0.15) is 0 Å². The molecule has 1 aromatic heterocycles. The molecule has 2 atom stereocenters. The molecule has 4 heteroatoms. The fourth-order valence-electron chi connectivity index (χ4n) is 4.16. The smallest absolute Gasteiger partial charge is 0.142 e. The molecule has 3 rings (SSSR count). The molecule has 0 radical (unpaired) electrons. The lowest BCUT2D eigenvalue weighted by molar-refractivity contribution is 0.160. The molecule has 1 aromatic rings. The number of nitrogens with two attached hydrogens (primary N) is 1. The first-order chi connectivity index (χ1) is 13.1. The Morgan fingerprint density at radius 3 is 2.74 bits per heavy atom. The Balaban J connectivity index is 1.74. The van der Waals surface area contributed by atoms with Gasteiger partial charge in [0.25, 0.3) is 0 Å². The zero-order valence-electron chi connectivity index (χ0n) is 17.2. The summed E-state index contributed by atoms with van der Waals surface area (Å²) in [5, 5.41) is 0. The van der Waals surface area contributed by atoms with Crippen LogP contribution in [0.2, 0.25) is 0 Å². The Morgan fingerprint density at radius 2 is 2.00 bits per heavy atom. The van der Waals surface area contributed by atoms with Crippen molar-refractivity contribution in [1.29, 1.82) is 0 Å². The maximum absolute atomic E-state index is 6.46. The van der Waals surface area contributed by atoms with Gasteiger partial charge in [-0.15, -0.1) is 0 Å². The molecular weight excluding hydrogens is 334 g/mol. The first-order valence-corrected chi connectivity index (χ1v) is 10.5. The summed E-state index contributed by atoms with van der Waals surface area (Å²) in [5.74, 6) is 2.37. The molecular formula is C23H35N3O. The van der Waals surface area contributed by atoms with Gasteiger partial charge in [-0.1, -0.05) is 38.7 Å². The normalized spacial score (nSPS) is 31.1. The number of rotatable bonds is 5. The van der Waals surface area contributed by atoms with E-state index >= 15 is 0 Å². The van der Waals surface area contributed by atoms with Gasteiger partial charge in [0.2, 0.25) is 0 Å². The van der Waals surface area contributed by atoms with Crippen molar-refractivity contribution in [3.05, 3.63) is 47.4 Å². The van der Waals surface area contributed by atoms with Crippen molar-refractivity contribution >= 4 is 5.57 Å². The minimum Gasteiger partial charge on any atom is -0.491 e. The fraction of sp³-hybridized carbons (Fsp3) is 0.609. The van der Waals surface area contributed by atoms with E-state index in [-0.39, 0.29) is 0 Å². The van der Waals surface area contributed by atoms with Crippen LogP contribution in [0, 0.1) is 11.8 Å². The molecule has 2 N–H and O–H groups in total. The molecule has 4 nitrogen and oxygen atoms in total. The molecule has 0 saturated heterocycles. The van der Waals surface area contributed by atoms with Crippen LogP contribution in [0.3, 0.4) is 0 Å². The molecule has 2 unspecified atom stereocenters. The monoisotopic (exact) mass is 369 g/mol. The van der Waals surface area contributed by atoms with E-state index in [4.69, 9.17) is 10.5 Å². The van der Waals surface area contributed by atoms with E-state index in [9.17, 15) is 0 Å². The van der Waals surface area contributed by atoms with Gasteiger partial charge in [0, 0.05) is 18.8 Å². The maximum Gasteiger partial charge on any atom is 0.142 e. The number of nitrogens with zero attached hydrogens (tertiary/aromatic N) is 2. The second-order valence-corrected chi connectivity index (χ2v) is 8.28. The van der Waals surface area contributed by atoms with Gasteiger partial charge >= 0.3 is 0 Å². The molecule has 0 bridgehead atoms. The molecule has 2 aliphatic carbocycles. The molecule has 148 valence electrons. The van der Waals surface area contributed by atoms with Crippen molar-refractivity contribution in [2.24, 2.45) is 24.6 Å². The standard InChI is InChI=1S/C23H35N3O/c1-4-18-8-6-9-19(12-11-18)15-27-22-13-20(21-14-26(3)16-25-21)10-5-7-17(2)23(22)24/h10,13-14,16,18-19H,4-9,11-12,15,24H2,1-3H3/b20-10+,22-13+,23-17-. The topological polar surface area (TPSA) is 53.1 Å². The summed E-state index contributed by atoms with van der Waals surface area (Å²) in [7, 11) is 2.00. The highest BCUT2D eigenvalue weighted by Crippen LogP contribution is 2.31. The third-order valence-corrected chi connectivity index (χ3v) is 6.16. The summed E-state index contributed by atoms with van der Waals surface area (Å²) < 4.78 is 8.30. The second kappa shape index (κ2) is 9.29. The Kier molecular flexibility index (Phi) is 6.81. The zero-order valence-corrected chi connectivity index (χ0v) is 17.2. The average molecular weight is 370 g/mol. The van der Waals surface area contributed by atoms with E-state index in [2.05, 4.69) is 31.0 Å². The predicted octanol–water partition coefficient (Wildman–Crippen LogP) is 5.34. The van der Waals surface area contributed by atoms with Gasteiger partial charge in [-0.05, 0) is 56.1 Å². The predicted molar refractivity (Wildman–Crippen MR) is 112 cm³/mol. The van der Waals surface area contributed by atoms with Crippen LogP contribution in [0.15, 0.2) is 41.7 Å². The Hall–Kier alpha value is -1.97. The average Bonchev–Trinajstić information content (AvgIpc) is 2.96. The molecule has 0 aromatic carbocycles. The summed E-state index contributed by atoms with van der Waals surface area (Å²) in [5.41, 5.74) is 10.6.